The summed E-state index contributed by atoms with van der Waals surface area (Å²) in [6, 6.07) is 11.1. The number of nitrogens with zero attached hydrogens (tertiary/aromatic N) is 3. The van der Waals surface area contributed by atoms with Gasteiger partial charge in [-0.3, -0.25) is 4.90 Å². The maximum absolute atomic E-state index is 5.60. The van der Waals surface area contributed by atoms with E-state index in [0.29, 0.717) is 5.92 Å². The number of imidazole rings is 1. The normalized spacial score (nSPS) is 17.6. The van der Waals surface area contributed by atoms with Crippen molar-refractivity contribution in [1.29, 1.82) is 0 Å². The van der Waals surface area contributed by atoms with E-state index in [0.717, 1.165) is 43.1 Å². The molecule has 0 unspecified atom stereocenters. The van der Waals surface area contributed by atoms with Gasteiger partial charge in [-0.25, -0.2) is 4.98 Å². The molecule has 0 amide bonds. The number of nitrogens with one attached hydrogen (secondary N) is 1. The van der Waals surface area contributed by atoms with Crippen LogP contribution in [0.4, 0.5) is 0 Å². The molecule has 1 N–H and O–H groups in total. The standard InChI is InChI=1S/C21H26N4O/c1-4-15-5-7-16(8-6-15)21-20-18(22-13-23-20)9-10-25(21)12-17-11-19(14(2)3)24-26-17/h5-8,11,13-14,21H,4,9-10,12H2,1-3H3,(H,22,23)/t21-/m1/s1. The van der Waals surface area contributed by atoms with Gasteiger partial charge in [0.05, 0.1) is 30.3 Å². The van der Waals surface area contributed by atoms with Crippen molar-refractivity contribution >= 4 is 0 Å². The van der Waals surface area contributed by atoms with Gasteiger partial charge in [0.15, 0.2) is 5.76 Å². The third-order valence-electron chi connectivity index (χ3n) is 5.26. The summed E-state index contributed by atoms with van der Waals surface area (Å²) in [6.45, 7) is 8.16. The van der Waals surface area contributed by atoms with Gasteiger partial charge in [0, 0.05) is 24.7 Å². The van der Waals surface area contributed by atoms with Crippen LogP contribution in [0.3, 0.4) is 0 Å². The van der Waals surface area contributed by atoms with Gasteiger partial charge in [-0.1, -0.05) is 50.2 Å². The average Bonchev–Trinajstić information content (AvgIpc) is 3.31. The number of aromatic nitrogens is 3. The fraction of sp³-hybridized carbons (Fsp3) is 0.429. The van der Waals surface area contributed by atoms with Gasteiger partial charge in [0.1, 0.15) is 0 Å². The lowest BCUT2D eigenvalue weighted by atomic mass is 9.94. The molecule has 0 saturated heterocycles. The zero-order chi connectivity index (χ0) is 18.1. The Labute approximate surface area is 154 Å². The summed E-state index contributed by atoms with van der Waals surface area (Å²) >= 11 is 0. The molecule has 0 spiro atoms. The van der Waals surface area contributed by atoms with Crippen LogP contribution in [0.2, 0.25) is 0 Å². The van der Waals surface area contributed by atoms with Crippen molar-refractivity contribution in [3.63, 3.8) is 0 Å². The first-order valence-corrected chi connectivity index (χ1v) is 9.46. The molecule has 5 nitrogen and oxygen atoms in total. The molecule has 26 heavy (non-hydrogen) atoms. The summed E-state index contributed by atoms with van der Waals surface area (Å²) < 4.78 is 5.60. The molecule has 0 fully saturated rings. The van der Waals surface area contributed by atoms with Crippen molar-refractivity contribution < 1.29 is 4.52 Å². The molecule has 1 aromatic carbocycles. The average molecular weight is 350 g/mol. The molecule has 2 aromatic heterocycles. The van der Waals surface area contributed by atoms with Crippen LogP contribution in [0.5, 0.6) is 0 Å². The molecule has 0 radical (unpaired) electrons. The molecule has 3 aromatic rings. The van der Waals surface area contributed by atoms with Crippen LogP contribution in [0.1, 0.15) is 66.7 Å². The number of fused-ring (bicyclic) bond motifs is 1. The molecule has 1 atom stereocenters. The Bertz CT molecular complexity index is 862. The number of aryl methyl sites for hydroxylation is 1. The van der Waals surface area contributed by atoms with Crippen LogP contribution in [0.25, 0.3) is 0 Å². The Morgan fingerprint density at radius 1 is 1.27 bits per heavy atom. The summed E-state index contributed by atoms with van der Waals surface area (Å²) in [4.78, 5) is 10.4. The van der Waals surface area contributed by atoms with Gasteiger partial charge in [0.2, 0.25) is 0 Å². The SMILES string of the molecule is CCc1ccc([C@@H]2c3nc[nH]c3CCN2Cc2cc(C(C)C)no2)cc1. The van der Waals surface area contributed by atoms with E-state index in [4.69, 9.17) is 4.52 Å². The highest BCUT2D eigenvalue weighted by Gasteiger charge is 2.31. The third-order valence-corrected chi connectivity index (χ3v) is 5.26. The number of aromatic amines is 1. The second-order valence-electron chi connectivity index (χ2n) is 7.36. The third kappa shape index (κ3) is 3.19. The topological polar surface area (TPSA) is 58.0 Å². The zero-order valence-corrected chi connectivity index (χ0v) is 15.7. The van der Waals surface area contributed by atoms with E-state index in [1.807, 2.05) is 6.33 Å². The number of rotatable bonds is 5. The van der Waals surface area contributed by atoms with Gasteiger partial charge in [0.25, 0.3) is 0 Å². The Morgan fingerprint density at radius 2 is 2.08 bits per heavy atom. The van der Waals surface area contributed by atoms with Crippen molar-refractivity contribution in [2.24, 2.45) is 0 Å². The van der Waals surface area contributed by atoms with Crippen LogP contribution < -0.4 is 0 Å². The minimum absolute atomic E-state index is 0.142. The van der Waals surface area contributed by atoms with Crippen LogP contribution in [0, 0.1) is 0 Å². The Morgan fingerprint density at radius 3 is 2.77 bits per heavy atom. The van der Waals surface area contributed by atoms with Gasteiger partial charge in [-0.05, 0) is 23.5 Å². The number of hydrogen-bond donors (Lipinski definition) is 1. The largest absolute Gasteiger partial charge is 0.360 e. The van der Waals surface area contributed by atoms with Crippen molar-refractivity contribution in [3.8, 4) is 0 Å². The lowest BCUT2D eigenvalue weighted by molar-refractivity contribution is 0.178. The first-order valence-electron chi connectivity index (χ1n) is 9.46. The van der Waals surface area contributed by atoms with E-state index in [-0.39, 0.29) is 6.04 Å². The monoisotopic (exact) mass is 350 g/mol. The smallest absolute Gasteiger partial charge is 0.151 e. The lowest BCUT2D eigenvalue weighted by Crippen LogP contribution is -2.35. The Hall–Kier alpha value is -2.40. The summed E-state index contributed by atoms with van der Waals surface area (Å²) in [7, 11) is 0. The molecule has 0 bridgehead atoms. The second kappa shape index (κ2) is 7.08. The van der Waals surface area contributed by atoms with Crippen molar-refractivity contribution in [2.45, 2.75) is 52.1 Å². The van der Waals surface area contributed by atoms with Crippen molar-refractivity contribution in [1.82, 2.24) is 20.0 Å². The molecule has 136 valence electrons. The first kappa shape index (κ1) is 17.0. The van der Waals surface area contributed by atoms with Crippen LogP contribution in [-0.4, -0.2) is 26.6 Å². The molecule has 1 aliphatic heterocycles. The Kier molecular flexibility index (Phi) is 4.64. The van der Waals surface area contributed by atoms with E-state index >= 15 is 0 Å². The predicted molar refractivity (Wildman–Crippen MR) is 101 cm³/mol. The molecule has 4 rings (SSSR count). The molecule has 0 aliphatic carbocycles. The van der Waals surface area contributed by atoms with Crippen LogP contribution in [-0.2, 0) is 19.4 Å². The fourth-order valence-corrected chi connectivity index (χ4v) is 3.68. The summed E-state index contributed by atoms with van der Waals surface area (Å²) in [6.07, 6.45) is 3.84. The minimum atomic E-state index is 0.142. The van der Waals surface area contributed by atoms with Crippen molar-refractivity contribution in [2.75, 3.05) is 6.54 Å². The second-order valence-corrected chi connectivity index (χ2v) is 7.36. The Balaban J connectivity index is 1.65. The van der Waals surface area contributed by atoms with Gasteiger partial charge < -0.3 is 9.51 Å². The van der Waals surface area contributed by atoms with E-state index in [2.05, 4.69) is 71.1 Å². The highest BCUT2D eigenvalue weighted by atomic mass is 16.5. The maximum Gasteiger partial charge on any atom is 0.151 e. The lowest BCUT2D eigenvalue weighted by Gasteiger charge is -2.34. The number of benzene rings is 1. The number of H-pyrrole nitrogens is 1. The van der Waals surface area contributed by atoms with E-state index < -0.39 is 0 Å². The van der Waals surface area contributed by atoms with E-state index in [1.54, 1.807) is 0 Å². The van der Waals surface area contributed by atoms with Crippen LogP contribution in [0.15, 0.2) is 41.2 Å². The van der Waals surface area contributed by atoms with Crippen LogP contribution >= 0.6 is 0 Å². The maximum atomic E-state index is 5.60. The minimum Gasteiger partial charge on any atom is -0.360 e. The number of hydrogen-bond acceptors (Lipinski definition) is 4. The van der Waals surface area contributed by atoms with Gasteiger partial charge in [-0.15, -0.1) is 0 Å². The molecule has 0 saturated carbocycles. The highest BCUT2D eigenvalue weighted by molar-refractivity contribution is 5.34. The first-order chi connectivity index (χ1) is 12.7. The summed E-state index contributed by atoms with van der Waals surface area (Å²) in [5.74, 6) is 1.30. The van der Waals surface area contributed by atoms with Gasteiger partial charge >= 0.3 is 0 Å². The van der Waals surface area contributed by atoms with Crippen molar-refractivity contribution in [3.05, 3.63) is 70.6 Å². The molecular formula is C21H26N4O. The van der Waals surface area contributed by atoms with E-state index in [1.165, 1.54) is 16.8 Å². The van der Waals surface area contributed by atoms with E-state index in [9.17, 15) is 0 Å². The zero-order valence-electron chi connectivity index (χ0n) is 15.7. The molecule has 3 heterocycles. The quantitative estimate of drug-likeness (QED) is 0.748. The summed E-state index contributed by atoms with van der Waals surface area (Å²) in [5.41, 5.74) is 6.02. The predicted octanol–water partition coefficient (Wildman–Crippen LogP) is 4.23. The molecule has 5 heteroatoms. The summed E-state index contributed by atoms with van der Waals surface area (Å²) in [5, 5.41) is 4.21. The molecule has 1 aliphatic rings. The highest BCUT2D eigenvalue weighted by Crippen LogP contribution is 2.34. The van der Waals surface area contributed by atoms with Gasteiger partial charge in [-0.2, -0.15) is 0 Å². The fourth-order valence-electron chi connectivity index (χ4n) is 3.68. The molecular weight excluding hydrogens is 324 g/mol.